The van der Waals surface area contributed by atoms with Gasteiger partial charge >= 0.3 is 11.9 Å². The van der Waals surface area contributed by atoms with E-state index in [1.807, 2.05) is 26.8 Å². The minimum Gasteiger partial charge on any atom is -0.462 e. The zero-order valence-corrected chi connectivity index (χ0v) is 28.8. The van der Waals surface area contributed by atoms with Gasteiger partial charge in [-0.2, -0.15) is 0 Å². The average Bonchev–Trinajstić information content (AvgIpc) is 3.33. The van der Waals surface area contributed by atoms with Crippen molar-refractivity contribution in [3.63, 3.8) is 0 Å². The minimum atomic E-state index is -3.67. The highest BCUT2D eigenvalue weighted by Crippen LogP contribution is 2.59. The lowest BCUT2D eigenvalue weighted by Gasteiger charge is -2.44. The number of sulfone groups is 1. The van der Waals surface area contributed by atoms with E-state index in [1.165, 1.54) is 19.4 Å². The van der Waals surface area contributed by atoms with Crippen LogP contribution in [-0.4, -0.2) is 49.0 Å². The van der Waals surface area contributed by atoms with Crippen LogP contribution >= 0.6 is 0 Å². The average molecular weight is 641 g/mol. The Morgan fingerprint density at radius 2 is 1.71 bits per heavy atom. The molecule has 3 aliphatic rings. The molecular weight excluding hydrogens is 588 g/mol. The molecule has 0 aromatic heterocycles. The molecule has 8 heteroatoms. The lowest BCUT2D eigenvalue weighted by Crippen LogP contribution is -2.42. The Hall–Kier alpha value is -2.71. The van der Waals surface area contributed by atoms with Crippen LogP contribution in [0.25, 0.3) is 0 Å². The molecule has 1 N–H and O–H groups in total. The molecule has 0 radical (unpaired) electrons. The van der Waals surface area contributed by atoms with E-state index in [0.717, 1.165) is 36.8 Å². The van der Waals surface area contributed by atoms with E-state index in [2.05, 4.69) is 32.1 Å². The molecule has 0 spiro atoms. The van der Waals surface area contributed by atoms with Crippen LogP contribution in [0.2, 0.25) is 0 Å². The van der Waals surface area contributed by atoms with Gasteiger partial charge in [-0.25, -0.2) is 8.42 Å². The third kappa shape index (κ3) is 7.82. The third-order valence-electron chi connectivity index (χ3n) is 10.8. The van der Waals surface area contributed by atoms with Crippen LogP contribution in [0.3, 0.4) is 0 Å². The number of aliphatic hydroxyl groups is 1. The van der Waals surface area contributed by atoms with E-state index in [1.54, 1.807) is 24.3 Å². The first-order valence-corrected chi connectivity index (χ1v) is 18.1. The molecule has 7 nitrogen and oxygen atoms in total. The normalized spacial score (nSPS) is 29.2. The summed E-state index contributed by atoms with van der Waals surface area (Å²) in [6.45, 7) is 13.1. The van der Waals surface area contributed by atoms with Crippen molar-refractivity contribution in [3.8, 4) is 0 Å². The number of aliphatic hydroxyl groups excluding tert-OH is 1. The first-order chi connectivity index (χ1) is 21.1. The van der Waals surface area contributed by atoms with Gasteiger partial charge in [0.15, 0.2) is 9.84 Å². The minimum absolute atomic E-state index is 0.0367. The van der Waals surface area contributed by atoms with E-state index in [-0.39, 0.29) is 53.6 Å². The Kier molecular flexibility index (Phi) is 11.2. The Labute approximate surface area is 270 Å². The van der Waals surface area contributed by atoms with Gasteiger partial charge in [0.1, 0.15) is 12.2 Å². The largest absolute Gasteiger partial charge is 0.462 e. The van der Waals surface area contributed by atoms with Crippen LogP contribution < -0.4 is 0 Å². The van der Waals surface area contributed by atoms with Crippen molar-refractivity contribution < 1.29 is 32.6 Å². The highest BCUT2D eigenvalue weighted by molar-refractivity contribution is 7.92. The summed E-state index contributed by atoms with van der Waals surface area (Å²) in [4.78, 5) is 23.9. The van der Waals surface area contributed by atoms with E-state index < -0.39 is 27.3 Å². The van der Waals surface area contributed by atoms with Crippen molar-refractivity contribution in [1.82, 2.24) is 0 Å². The smallest absolute Gasteiger partial charge is 0.303 e. The number of rotatable bonds is 11. The van der Waals surface area contributed by atoms with Crippen molar-refractivity contribution in [2.24, 2.45) is 29.1 Å². The number of esters is 2. The highest BCUT2D eigenvalue weighted by Gasteiger charge is 2.53. The fourth-order valence-electron chi connectivity index (χ4n) is 8.26. The molecule has 248 valence electrons. The second kappa shape index (κ2) is 14.4. The maximum absolute atomic E-state index is 14.1. The van der Waals surface area contributed by atoms with E-state index in [4.69, 9.17) is 9.47 Å². The summed E-state index contributed by atoms with van der Waals surface area (Å²) in [7, 11) is -3.67. The summed E-state index contributed by atoms with van der Waals surface area (Å²) in [5.74, 6) is -0.432. The Morgan fingerprint density at radius 1 is 1.04 bits per heavy atom. The molecule has 0 bridgehead atoms. The van der Waals surface area contributed by atoms with Gasteiger partial charge in [-0.05, 0) is 97.0 Å². The van der Waals surface area contributed by atoms with Gasteiger partial charge in [-0.3, -0.25) is 9.59 Å². The summed E-state index contributed by atoms with van der Waals surface area (Å²) >= 11 is 0. The monoisotopic (exact) mass is 640 g/mol. The standard InChI is InChI=1S/C37H52O7S/c1-23(2)34(40)22-36(45(41,42)31-13-9-8-10-14-31)25(4)32-17-18-33-28(12-11-19-37(32,33)7)15-16-29-20-30(43-26(5)38)21-35(24(29)3)44-27(6)39/h8-10,12-16,23,25,30,32-36,40H,11,17-22H2,1-7H3/b16-15-/t25-,30+,32+,33-,34?,35-,36?,37+/m0/s1. The summed E-state index contributed by atoms with van der Waals surface area (Å²) in [5, 5.41) is 10.3. The third-order valence-corrected chi connectivity index (χ3v) is 13.2. The van der Waals surface area contributed by atoms with E-state index in [0.29, 0.717) is 17.7 Å². The van der Waals surface area contributed by atoms with Crippen molar-refractivity contribution in [2.45, 2.75) is 122 Å². The summed E-state index contributed by atoms with van der Waals surface area (Å²) in [6, 6.07) is 8.68. The van der Waals surface area contributed by atoms with Crippen LogP contribution in [-0.2, 0) is 28.9 Å². The van der Waals surface area contributed by atoms with Crippen molar-refractivity contribution in [3.05, 3.63) is 65.3 Å². The maximum Gasteiger partial charge on any atom is 0.303 e. The Bertz CT molecular complexity index is 1420. The van der Waals surface area contributed by atoms with Crippen molar-refractivity contribution in [2.75, 3.05) is 0 Å². The van der Waals surface area contributed by atoms with E-state index >= 15 is 0 Å². The molecule has 1 aromatic carbocycles. The first-order valence-electron chi connectivity index (χ1n) is 16.5. The fourth-order valence-corrected chi connectivity index (χ4v) is 10.4. The summed E-state index contributed by atoms with van der Waals surface area (Å²) in [6.07, 6.45) is 10.1. The number of carbonyl (C=O) groups excluding carboxylic acids is 2. The van der Waals surface area contributed by atoms with Gasteiger partial charge in [0, 0.05) is 26.7 Å². The van der Waals surface area contributed by atoms with E-state index in [9.17, 15) is 23.1 Å². The predicted octanol–water partition coefficient (Wildman–Crippen LogP) is 7.15. The molecule has 1 aromatic rings. The molecule has 1 saturated carbocycles. The topological polar surface area (TPSA) is 107 Å². The number of ether oxygens (including phenoxy) is 2. The van der Waals surface area contributed by atoms with Crippen LogP contribution in [0.4, 0.5) is 0 Å². The van der Waals surface area contributed by atoms with Gasteiger partial charge in [0.05, 0.1) is 16.2 Å². The van der Waals surface area contributed by atoms with Crippen LogP contribution in [0, 0.1) is 29.1 Å². The first kappa shape index (κ1) is 35.1. The lowest BCUT2D eigenvalue weighted by molar-refractivity contribution is -0.151. The zero-order chi connectivity index (χ0) is 33.1. The van der Waals surface area contributed by atoms with Gasteiger partial charge in [-0.15, -0.1) is 0 Å². The number of hydrogen-bond acceptors (Lipinski definition) is 7. The quantitative estimate of drug-likeness (QED) is 0.256. The summed E-state index contributed by atoms with van der Waals surface area (Å²) < 4.78 is 39.3. The molecule has 8 atom stereocenters. The fraction of sp³-hybridized carbons (Fsp3) is 0.622. The van der Waals surface area contributed by atoms with Crippen LogP contribution in [0.1, 0.15) is 93.4 Å². The number of fused-ring (bicyclic) bond motifs is 1. The number of benzene rings is 1. The summed E-state index contributed by atoms with van der Waals surface area (Å²) in [5.41, 5.74) is 3.14. The molecule has 0 heterocycles. The predicted molar refractivity (Wildman–Crippen MR) is 176 cm³/mol. The molecule has 0 aliphatic heterocycles. The van der Waals surface area contributed by atoms with Crippen LogP contribution in [0.5, 0.6) is 0 Å². The molecule has 2 unspecified atom stereocenters. The Morgan fingerprint density at radius 3 is 2.33 bits per heavy atom. The number of hydrogen-bond donors (Lipinski definition) is 1. The van der Waals surface area contributed by atoms with Crippen LogP contribution in [0.15, 0.2) is 70.2 Å². The SMILES string of the molecule is CC(=O)O[C@@H]1CC(/C=C\C2=CCC[C@]3(C)[C@@H]([C@H](C)C(CC(O)C(C)C)S(=O)(=O)c4ccccc4)CC[C@@H]23)=C(C)[C@@H](OC(C)=O)C1. The van der Waals surface area contributed by atoms with Crippen molar-refractivity contribution >= 4 is 21.8 Å². The molecule has 0 saturated heterocycles. The molecule has 0 amide bonds. The van der Waals surface area contributed by atoms with Gasteiger partial charge in [0.25, 0.3) is 0 Å². The van der Waals surface area contributed by atoms with Gasteiger partial charge in [-0.1, -0.05) is 64.1 Å². The zero-order valence-electron chi connectivity index (χ0n) is 28.0. The number of carbonyl (C=O) groups is 2. The molecule has 4 rings (SSSR count). The van der Waals surface area contributed by atoms with Gasteiger partial charge in [0.2, 0.25) is 0 Å². The molecular formula is C37H52O7S. The maximum atomic E-state index is 14.1. The van der Waals surface area contributed by atoms with Gasteiger partial charge < -0.3 is 14.6 Å². The number of allylic oxidation sites excluding steroid dienone is 4. The second-order valence-electron chi connectivity index (χ2n) is 14.1. The second-order valence-corrected chi connectivity index (χ2v) is 16.3. The highest BCUT2D eigenvalue weighted by atomic mass is 32.2. The molecule has 3 aliphatic carbocycles. The van der Waals surface area contributed by atoms with Crippen molar-refractivity contribution in [1.29, 1.82) is 0 Å². The molecule has 1 fully saturated rings. The molecule has 45 heavy (non-hydrogen) atoms. The lowest BCUT2D eigenvalue weighted by atomic mass is 9.62. The Balaban J connectivity index is 1.61.